The molecule has 5 nitrogen and oxygen atoms in total. The quantitative estimate of drug-likeness (QED) is 0.239. The molecule has 188 valence electrons. The second kappa shape index (κ2) is 12.6. The van der Waals surface area contributed by atoms with E-state index in [0.717, 1.165) is 45.3 Å². The molecule has 0 saturated carbocycles. The lowest BCUT2D eigenvalue weighted by Crippen LogP contribution is -2.34. The highest BCUT2D eigenvalue weighted by atomic mass is 19.1. The maximum Gasteiger partial charge on any atom is 0.295 e. The van der Waals surface area contributed by atoms with Crippen molar-refractivity contribution in [2.45, 2.75) is 52.0 Å². The van der Waals surface area contributed by atoms with E-state index in [9.17, 15) is 23.5 Å². The van der Waals surface area contributed by atoms with Crippen LogP contribution in [0.1, 0.15) is 63.1 Å². The van der Waals surface area contributed by atoms with Crippen molar-refractivity contribution < 1.29 is 23.5 Å². The van der Waals surface area contributed by atoms with Gasteiger partial charge in [-0.3, -0.25) is 9.59 Å². The Bertz CT molecular complexity index is 1030. The highest BCUT2D eigenvalue weighted by molar-refractivity contribution is 6.46. The van der Waals surface area contributed by atoms with Crippen LogP contribution < -0.4 is 0 Å². The van der Waals surface area contributed by atoms with Crippen molar-refractivity contribution in [3.8, 4) is 0 Å². The summed E-state index contributed by atoms with van der Waals surface area (Å²) < 4.78 is 27.0. The number of amides is 1. The van der Waals surface area contributed by atoms with Crippen LogP contribution in [0.25, 0.3) is 5.76 Å². The van der Waals surface area contributed by atoms with E-state index >= 15 is 0 Å². The molecule has 0 aromatic heterocycles. The maximum atomic E-state index is 13.6. The topological polar surface area (TPSA) is 60.9 Å². The number of hydrogen-bond donors (Lipinski definition) is 1. The van der Waals surface area contributed by atoms with E-state index in [1.54, 1.807) is 0 Å². The monoisotopic (exact) mass is 484 g/mol. The fraction of sp³-hybridized carbons (Fsp3) is 0.429. The van der Waals surface area contributed by atoms with Crippen LogP contribution in [-0.4, -0.2) is 52.8 Å². The largest absolute Gasteiger partial charge is 0.507 e. The summed E-state index contributed by atoms with van der Waals surface area (Å²) in [5.41, 5.74) is 0.701. The number of aliphatic hydroxyl groups excluding tert-OH is 1. The van der Waals surface area contributed by atoms with E-state index in [4.69, 9.17) is 0 Å². The molecule has 1 N–H and O–H groups in total. The zero-order valence-electron chi connectivity index (χ0n) is 20.5. The minimum atomic E-state index is -0.847. The van der Waals surface area contributed by atoms with Gasteiger partial charge < -0.3 is 14.9 Å². The number of rotatable bonds is 12. The summed E-state index contributed by atoms with van der Waals surface area (Å²) in [5, 5.41) is 11.0. The number of nitrogens with zero attached hydrogens (tertiary/aromatic N) is 2. The molecule has 1 aliphatic rings. The van der Waals surface area contributed by atoms with Gasteiger partial charge in [0.1, 0.15) is 17.4 Å². The van der Waals surface area contributed by atoms with Gasteiger partial charge in [0.15, 0.2) is 0 Å². The summed E-state index contributed by atoms with van der Waals surface area (Å²) in [7, 11) is 0. The summed E-state index contributed by atoms with van der Waals surface area (Å²) in [6.45, 7) is 7.39. The van der Waals surface area contributed by atoms with Crippen molar-refractivity contribution in [2.24, 2.45) is 0 Å². The first-order valence-electron chi connectivity index (χ1n) is 12.4. The SMILES string of the molecule is CCCCN(CCCC)CCCN1C(=O)C(=O)C(=C(O)c2ccc(F)cc2)[C@@H]1c1ccc(F)cc1. The van der Waals surface area contributed by atoms with Crippen LogP contribution in [0, 0.1) is 11.6 Å². The van der Waals surface area contributed by atoms with Crippen LogP contribution in [0.4, 0.5) is 8.78 Å². The van der Waals surface area contributed by atoms with E-state index in [-0.39, 0.29) is 16.9 Å². The molecule has 1 saturated heterocycles. The zero-order valence-corrected chi connectivity index (χ0v) is 20.5. The Hall–Kier alpha value is -3.06. The van der Waals surface area contributed by atoms with E-state index in [1.807, 2.05) is 0 Å². The molecule has 1 atom stereocenters. The molecular weight excluding hydrogens is 450 g/mol. The van der Waals surface area contributed by atoms with Crippen molar-refractivity contribution in [3.63, 3.8) is 0 Å². The Morgan fingerprint density at radius 3 is 1.91 bits per heavy atom. The molecular formula is C28H34F2N2O3. The van der Waals surface area contributed by atoms with Gasteiger partial charge in [-0.05, 0) is 80.9 Å². The van der Waals surface area contributed by atoms with Crippen LogP contribution in [0.3, 0.4) is 0 Å². The molecule has 1 heterocycles. The molecule has 0 unspecified atom stereocenters. The Morgan fingerprint density at radius 2 is 1.37 bits per heavy atom. The zero-order chi connectivity index (χ0) is 25.4. The first kappa shape index (κ1) is 26.5. The average Bonchev–Trinajstić information content (AvgIpc) is 3.10. The van der Waals surface area contributed by atoms with Gasteiger partial charge in [0.25, 0.3) is 11.7 Å². The first-order valence-corrected chi connectivity index (χ1v) is 12.4. The molecule has 0 spiro atoms. The molecule has 1 aliphatic heterocycles. The molecule has 0 aliphatic carbocycles. The van der Waals surface area contributed by atoms with Gasteiger partial charge in [0, 0.05) is 12.1 Å². The van der Waals surface area contributed by atoms with Crippen LogP contribution in [0.5, 0.6) is 0 Å². The molecule has 1 amide bonds. The number of ketones is 1. The summed E-state index contributed by atoms with van der Waals surface area (Å²) >= 11 is 0. The van der Waals surface area contributed by atoms with E-state index in [0.29, 0.717) is 18.5 Å². The number of Topliss-reactive ketones (excluding diaryl/α,β-unsaturated/α-hetero) is 1. The third-order valence-electron chi connectivity index (χ3n) is 6.37. The molecule has 3 rings (SSSR count). The fourth-order valence-electron chi connectivity index (χ4n) is 4.43. The van der Waals surface area contributed by atoms with Crippen LogP contribution in [0.15, 0.2) is 54.1 Å². The molecule has 35 heavy (non-hydrogen) atoms. The third kappa shape index (κ3) is 6.54. The van der Waals surface area contributed by atoms with Gasteiger partial charge in [-0.2, -0.15) is 0 Å². The lowest BCUT2D eigenvalue weighted by Gasteiger charge is -2.27. The second-order valence-electron chi connectivity index (χ2n) is 8.95. The number of benzene rings is 2. The number of hydrogen-bond acceptors (Lipinski definition) is 4. The standard InChI is InChI=1S/C28H34F2N2O3/c1-3-5-16-31(17-6-4-2)18-7-19-32-25(20-8-12-22(29)13-9-20)24(27(34)28(32)35)26(33)21-10-14-23(30)15-11-21/h8-15,25,33H,3-7,16-19H2,1-2H3/t25-/m0/s1. The molecule has 0 bridgehead atoms. The number of carbonyl (C=O) groups excluding carboxylic acids is 2. The Morgan fingerprint density at radius 1 is 0.857 bits per heavy atom. The van der Waals surface area contributed by atoms with Gasteiger partial charge in [0.05, 0.1) is 11.6 Å². The number of likely N-dealkylation sites (tertiary alicyclic amines) is 1. The minimum Gasteiger partial charge on any atom is -0.507 e. The van der Waals surface area contributed by atoms with E-state index in [2.05, 4.69) is 18.7 Å². The van der Waals surface area contributed by atoms with Crippen LogP contribution >= 0.6 is 0 Å². The van der Waals surface area contributed by atoms with E-state index < -0.39 is 29.4 Å². The van der Waals surface area contributed by atoms with Gasteiger partial charge in [-0.15, -0.1) is 0 Å². The highest BCUT2D eigenvalue weighted by Gasteiger charge is 2.45. The predicted octanol–water partition coefficient (Wildman–Crippen LogP) is 5.68. The lowest BCUT2D eigenvalue weighted by molar-refractivity contribution is -0.140. The predicted molar refractivity (Wildman–Crippen MR) is 133 cm³/mol. The Labute approximate surface area is 206 Å². The molecule has 2 aromatic carbocycles. The van der Waals surface area contributed by atoms with Gasteiger partial charge in [0.2, 0.25) is 0 Å². The summed E-state index contributed by atoms with van der Waals surface area (Å²) in [5.74, 6) is -2.78. The van der Waals surface area contributed by atoms with Crippen LogP contribution in [-0.2, 0) is 9.59 Å². The van der Waals surface area contributed by atoms with Gasteiger partial charge in [-0.1, -0.05) is 38.8 Å². The van der Waals surface area contributed by atoms with Crippen molar-refractivity contribution in [1.82, 2.24) is 9.80 Å². The molecule has 7 heteroatoms. The minimum absolute atomic E-state index is 0.0676. The third-order valence-corrected chi connectivity index (χ3v) is 6.37. The number of unbranched alkanes of at least 4 members (excludes halogenated alkanes) is 2. The van der Waals surface area contributed by atoms with Crippen molar-refractivity contribution in [3.05, 3.63) is 76.9 Å². The van der Waals surface area contributed by atoms with E-state index in [1.165, 1.54) is 53.4 Å². The van der Waals surface area contributed by atoms with Gasteiger partial charge >= 0.3 is 0 Å². The molecule has 1 fully saturated rings. The number of carbonyl (C=O) groups is 2. The van der Waals surface area contributed by atoms with Crippen molar-refractivity contribution in [2.75, 3.05) is 26.2 Å². The Kier molecular flexibility index (Phi) is 9.55. The highest BCUT2D eigenvalue weighted by Crippen LogP contribution is 2.39. The summed E-state index contributed by atoms with van der Waals surface area (Å²) in [6.07, 6.45) is 5.06. The fourth-order valence-corrected chi connectivity index (χ4v) is 4.43. The van der Waals surface area contributed by atoms with Gasteiger partial charge in [-0.25, -0.2) is 8.78 Å². The number of halogens is 2. The number of aliphatic hydroxyl groups is 1. The van der Waals surface area contributed by atoms with Crippen molar-refractivity contribution in [1.29, 1.82) is 0 Å². The van der Waals surface area contributed by atoms with Crippen LogP contribution in [0.2, 0.25) is 0 Å². The van der Waals surface area contributed by atoms with Crippen molar-refractivity contribution >= 4 is 17.4 Å². The lowest BCUT2D eigenvalue weighted by atomic mass is 9.95. The second-order valence-corrected chi connectivity index (χ2v) is 8.95. The average molecular weight is 485 g/mol. The maximum absolute atomic E-state index is 13.6. The molecule has 0 radical (unpaired) electrons. The first-order chi connectivity index (χ1) is 16.9. The molecule has 2 aromatic rings. The summed E-state index contributed by atoms with van der Waals surface area (Å²) in [4.78, 5) is 30.0. The normalized spacial score (nSPS) is 17.5. The summed E-state index contributed by atoms with van der Waals surface area (Å²) in [6, 6.07) is 9.81. The Balaban J connectivity index is 1.90. The smallest absolute Gasteiger partial charge is 0.295 e.